The average Bonchev–Trinajstić information content (AvgIpc) is 2.00. The number of carbonyl (C=O) groups is 1. The normalized spacial score (nSPS) is 19.6. The minimum Gasteiger partial charge on any atom is -0.395 e. The van der Waals surface area contributed by atoms with Crippen LogP contribution in [0.1, 0.15) is 0 Å². The first-order valence-electron chi connectivity index (χ1n) is 2.69. The van der Waals surface area contributed by atoms with Gasteiger partial charge in [-0.25, -0.2) is 0 Å². The molecule has 0 unspecified atom stereocenters. The first-order chi connectivity index (χ1) is 4.63. The number of aliphatic hydroxyl groups is 3. The van der Waals surface area contributed by atoms with Crippen molar-refractivity contribution in [2.45, 2.75) is 17.6 Å². The van der Waals surface area contributed by atoms with E-state index in [9.17, 15) is 4.79 Å². The summed E-state index contributed by atoms with van der Waals surface area (Å²) in [4.78, 5) is 9.82. The molecule has 3 N–H and O–H groups in total. The lowest BCUT2D eigenvalue weighted by atomic mass is 10.1. The predicted molar refractivity (Wildman–Crippen MR) is 34.8 cm³/mol. The van der Waals surface area contributed by atoms with Gasteiger partial charge in [-0.05, 0) is 0 Å². The van der Waals surface area contributed by atoms with Crippen LogP contribution in [0, 0.1) is 0 Å². The molecule has 0 radical (unpaired) electrons. The first kappa shape index (κ1) is 9.84. The smallest absolute Gasteiger partial charge is 0.151 e. The molecule has 0 fully saturated rings. The van der Waals surface area contributed by atoms with Gasteiger partial charge in [-0.15, -0.1) is 11.6 Å². The Morgan fingerprint density at radius 1 is 1.50 bits per heavy atom. The summed E-state index contributed by atoms with van der Waals surface area (Å²) < 4.78 is 0. The third-order valence-corrected chi connectivity index (χ3v) is 1.43. The van der Waals surface area contributed by atoms with Crippen LogP contribution in [-0.4, -0.2) is 45.8 Å². The van der Waals surface area contributed by atoms with Crippen molar-refractivity contribution in [1.29, 1.82) is 0 Å². The van der Waals surface area contributed by atoms with Gasteiger partial charge < -0.3 is 20.1 Å². The minimum absolute atomic E-state index is 0.162. The topological polar surface area (TPSA) is 77.8 Å². The second-order valence-corrected chi connectivity index (χ2v) is 2.38. The van der Waals surface area contributed by atoms with Crippen LogP contribution in [-0.2, 0) is 4.79 Å². The van der Waals surface area contributed by atoms with E-state index in [-0.39, 0.29) is 6.29 Å². The fourth-order valence-corrected chi connectivity index (χ4v) is 0.551. The van der Waals surface area contributed by atoms with E-state index in [1.807, 2.05) is 0 Å². The van der Waals surface area contributed by atoms with Gasteiger partial charge >= 0.3 is 0 Å². The van der Waals surface area contributed by atoms with Crippen molar-refractivity contribution in [3.05, 3.63) is 0 Å². The minimum atomic E-state index is -1.52. The molecule has 0 aromatic carbocycles. The van der Waals surface area contributed by atoms with Crippen molar-refractivity contribution in [3.63, 3.8) is 0 Å². The highest BCUT2D eigenvalue weighted by molar-refractivity contribution is 6.21. The van der Waals surface area contributed by atoms with Crippen LogP contribution >= 0.6 is 11.6 Å². The number of aldehydes is 1. The predicted octanol–water partition coefficient (Wildman–Crippen LogP) is -1.49. The van der Waals surface area contributed by atoms with Crippen LogP contribution in [0.25, 0.3) is 0 Å². The Labute approximate surface area is 63.0 Å². The number of hydrogen-bond donors (Lipinski definition) is 3. The molecular weight excluding hydrogens is 160 g/mol. The van der Waals surface area contributed by atoms with Crippen molar-refractivity contribution in [2.75, 3.05) is 6.61 Å². The van der Waals surface area contributed by atoms with Crippen molar-refractivity contribution in [2.24, 2.45) is 0 Å². The molecule has 5 heteroatoms. The number of hydrogen-bond acceptors (Lipinski definition) is 4. The molecule has 0 aliphatic heterocycles. The van der Waals surface area contributed by atoms with Gasteiger partial charge in [-0.3, -0.25) is 0 Å². The molecule has 3 atom stereocenters. The van der Waals surface area contributed by atoms with Crippen LogP contribution in [0.2, 0.25) is 0 Å². The lowest BCUT2D eigenvalue weighted by molar-refractivity contribution is -0.120. The molecule has 0 aromatic rings. The largest absolute Gasteiger partial charge is 0.395 e. The molecule has 0 aliphatic carbocycles. The molecule has 0 rings (SSSR count). The molecule has 4 nitrogen and oxygen atoms in total. The standard InChI is InChI=1S/C5H9ClO4/c6-3(1-7)5(10)4(9)2-8/h2-5,7,9-10H,1H2/t3-,4+,5+/m1/s1. The lowest BCUT2D eigenvalue weighted by Gasteiger charge is -2.15. The summed E-state index contributed by atoms with van der Waals surface area (Å²) in [7, 11) is 0. The molecule has 0 spiro atoms. The Morgan fingerprint density at radius 2 is 2.00 bits per heavy atom. The molecule has 10 heavy (non-hydrogen) atoms. The van der Waals surface area contributed by atoms with Crippen molar-refractivity contribution in [3.8, 4) is 0 Å². The summed E-state index contributed by atoms with van der Waals surface area (Å²) in [5.41, 5.74) is 0. The highest BCUT2D eigenvalue weighted by atomic mass is 35.5. The lowest BCUT2D eigenvalue weighted by Crippen LogP contribution is -2.37. The summed E-state index contributed by atoms with van der Waals surface area (Å²) >= 11 is 5.27. The molecular formula is C5H9ClO4. The molecule has 0 saturated carbocycles. The Bertz CT molecular complexity index is 108. The number of aliphatic hydroxyl groups excluding tert-OH is 3. The number of carbonyl (C=O) groups excluding carboxylic acids is 1. The first-order valence-corrected chi connectivity index (χ1v) is 3.13. The van der Waals surface area contributed by atoms with E-state index in [4.69, 9.17) is 26.9 Å². The van der Waals surface area contributed by atoms with Crippen molar-refractivity contribution >= 4 is 17.9 Å². The summed E-state index contributed by atoms with van der Waals surface area (Å²) in [5.74, 6) is 0. The molecule has 0 aliphatic rings. The van der Waals surface area contributed by atoms with Gasteiger partial charge in [0.05, 0.1) is 12.0 Å². The monoisotopic (exact) mass is 168 g/mol. The zero-order chi connectivity index (χ0) is 8.15. The van der Waals surface area contributed by atoms with Gasteiger partial charge in [-0.2, -0.15) is 0 Å². The maximum absolute atomic E-state index is 9.82. The Kier molecular flexibility index (Phi) is 4.55. The van der Waals surface area contributed by atoms with Gasteiger partial charge in [0, 0.05) is 0 Å². The number of alkyl halides is 1. The van der Waals surface area contributed by atoms with Crippen molar-refractivity contribution < 1.29 is 20.1 Å². The van der Waals surface area contributed by atoms with E-state index in [1.165, 1.54) is 0 Å². The fourth-order valence-electron chi connectivity index (χ4n) is 0.402. The molecule has 0 bridgehead atoms. The van der Waals surface area contributed by atoms with Gasteiger partial charge in [0.2, 0.25) is 0 Å². The average molecular weight is 169 g/mol. The van der Waals surface area contributed by atoms with E-state index >= 15 is 0 Å². The number of halogens is 1. The maximum atomic E-state index is 9.82. The zero-order valence-corrected chi connectivity index (χ0v) is 5.90. The third-order valence-electron chi connectivity index (χ3n) is 1.03. The zero-order valence-electron chi connectivity index (χ0n) is 5.14. The SMILES string of the molecule is O=C[C@H](O)[C@@H](O)[C@H](Cl)CO. The molecule has 0 aromatic heterocycles. The Balaban J connectivity index is 3.80. The van der Waals surface area contributed by atoms with Crippen LogP contribution < -0.4 is 0 Å². The van der Waals surface area contributed by atoms with Crippen LogP contribution in [0.4, 0.5) is 0 Å². The maximum Gasteiger partial charge on any atom is 0.151 e. The van der Waals surface area contributed by atoms with Crippen LogP contribution in [0.5, 0.6) is 0 Å². The van der Waals surface area contributed by atoms with Crippen molar-refractivity contribution in [1.82, 2.24) is 0 Å². The Morgan fingerprint density at radius 3 is 2.30 bits per heavy atom. The van der Waals surface area contributed by atoms with Crippen LogP contribution in [0.15, 0.2) is 0 Å². The second kappa shape index (κ2) is 4.62. The molecule has 0 saturated heterocycles. The van der Waals surface area contributed by atoms with Gasteiger partial charge in [-0.1, -0.05) is 0 Å². The summed E-state index contributed by atoms with van der Waals surface area (Å²) in [6.45, 7) is -0.479. The molecule has 60 valence electrons. The van der Waals surface area contributed by atoms with E-state index in [2.05, 4.69) is 0 Å². The quantitative estimate of drug-likeness (QED) is 0.353. The molecule has 0 amide bonds. The second-order valence-electron chi connectivity index (χ2n) is 1.82. The van der Waals surface area contributed by atoms with Gasteiger partial charge in [0.1, 0.15) is 12.2 Å². The van der Waals surface area contributed by atoms with E-state index in [0.717, 1.165) is 0 Å². The third kappa shape index (κ3) is 2.62. The Hall–Kier alpha value is -0.160. The summed E-state index contributed by atoms with van der Waals surface area (Å²) in [6.07, 6.45) is -2.76. The van der Waals surface area contributed by atoms with E-state index in [0.29, 0.717) is 0 Å². The van der Waals surface area contributed by atoms with E-state index < -0.39 is 24.2 Å². The summed E-state index contributed by atoms with van der Waals surface area (Å²) in [6, 6.07) is 0. The van der Waals surface area contributed by atoms with E-state index in [1.54, 1.807) is 0 Å². The highest BCUT2D eigenvalue weighted by Gasteiger charge is 2.22. The van der Waals surface area contributed by atoms with Crippen LogP contribution in [0.3, 0.4) is 0 Å². The number of rotatable bonds is 4. The summed E-state index contributed by atoms with van der Waals surface area (Å²) in [5, 5.41) is 24.8. The highest BCUT2D eigenvalue weighted by Crippen LogP contribution is 2.04. The van der Waals surface area contributed by atoms with Gasteiger partial charge in [0.25, 0.3) is 0 Å². The van der Waals surface area contributed by atoms with Gasteiger partial charge in [0.15, 0.2) is 6.29 Å². The fraction of sp³-hybridized carbons (Fsp3) is 0.800. The molecule has 0 heterocycles.